The normalized spacial score (nSPS) is 14.3. The van der Waals surface area contributed by atoms with Crippen LogP contribution in [0.15, 0.2) is 30.5 Å². The van der Waals surface area contributed by atoms with Crippen molar-refractivity contribution < 1.29 is 13.2 Å². The van der Waals surface area contributed by atoms with Gasteiger partial charge in [0.05, 0.1) is 0 Å². The van der Waals surface area contributed by atoms with Crippen LogP contribution >= 0.6 is 0 Å². The first-order chi connectivity index (χ1) is 7.41. The van der Waals surface area contributed by atoms with E-state index in [1.807, 2.05) is 0 Å². The van der Waals surface area contributed by atoms with Crippen LogP contribution in [0.25, 0.3) is 10.9 Å². The molecule has 0 aliphatic carbocycles. The second-order valence-corrected chi connectivity index (χ2v) is 3.73. The fourth-order valence-electron chi connectivity index (χ4n) is 1.77. The van der Waals surface area contributed by atoms with E-state index in [2.05, 4.69) is 0 Å². The predicted molar refractivity (Wildman–Crippen MR) is 55.9 cm³/mol. The lowest BCUT2D eigenvalue weighted by molar-refractivity contribution is -0.148. The van der Waals surface area contributed by atoms with Crippen LogP contribution < -0.4 is 5.73 Å². The van der Waals surface area contributed by atoms with Crippen molar-refractivity contribution in [2.75, 3.05) is 0 Å². The van der Waals surface area contributed by atoms with Gasteiger partial charge in [-0.15, -0.1) is 0 Å². The molecule has 2 N–H and O–H groups in total. The highest BCUT2D eigenvalue weighted by atomic mass is 19.4. The van der Waals surface area contributed by atoms with E-state index in [9.17, 15) is 13.2 Å². The third kappa shape index (κ3) is 1.67. The van der Waals surface area contributed by atoms with E-state index in [4.69, 9.17) is 5.73 Å². The zero-order valence-electron chi connectivity index (χ0n) is 8.62. The Balaban J connectivity index is 2.61. The lowest BCUT2D eigenvalue weighted by atomic mass is 10.0. The maximum absolute atomic E-state index is 12.5. The molecule has 0 aliphatic heterocycles. The molecule has 0 spiro atoms. The molecule has 0 amide bonds. The van der Waals surface area contributed by atoms with E-state index in [0.717, 1.165) is 5.52 Å². The molecule has 2 aromatic rings. The number of fused-ring (bicyclic) bond motifs is 1. The Labute approximate surface area is 90.5 Å². The summed E-state index contributed by atoms with van der Waals surface area (Å²) in [5, 5.41) is 0.551. The zero-order valence-corrected chi connectivity index (χ0v) is 8.62. The summed E-state index contributed by atoms with van der Waals surface area (Å²) in [5.74, 6) is 0. The molecule has 86 valence electrons. The molecule has 16 heavy (non-hydrogen) atoms. The Kier molecular flexibility index (Phi) is 2.42. The van der Waals surface area contributed by atoms with Gasteiger partial charge in [-0.25, -0.2) is 0 Å². The van der Waals surface area contributed by atoms with E-state index in [1.165, 1.54) is 6.07 Å². The number of hydrogen-bond acceptors (Lipinski definition) is 1. The molecule has 2 rings (SSSR count). The minimum absolute atomic E-state index is 0.116. The van der Waals surface area contributed by atoms with Gasteiger partial charge in [-0.05, 0) is 17.7 Å². The van der Waals surface area contributed by atoms with Crippen molar-refractivity contribution in [3.8, 4) is 0 Å². The number of halogens is 3. The number of aryl methyl sites for hydroxylation is 1. The quantitative estimate of drug-likeness (QED) is 0.799. The van der Waals surface area contributed by atoms with Gasteiger partial charge in [0.2, 0.25) is 0 Å². The summed E-state index contributed by atoms with van der Waals surface area (Å²) < 4.78 is 39.4. The second kappa shape index (κ2) is 3.52. The molecule has 1 unspecified atom stereocenters. The summed E-state index contributed by atoms with van der Waals surface area (Å²) in [5.41, 5.74) is 6.08. The molecule has 0 aliphatic rings. The van der Waals surface area contributed by atoms with Gasteiger partial charge in [0, 0.05) is 24.1 Å². The molecule has 1 atom stereocenters. The van der Waals surface area contributed by atoms with Gasteiger partial charge in [-0.1, -0.05) is 12.1 Å². The van der Waals surface area contributed by atoms with Gasteiger partial charge >= 0.3 is 6.18 Å². The van der Waals surface area contributed by atoms with Crippen LogP contribution in [-0.4, -0.2) is 10.7 Å². The van der Waals surface area contributed by atoms with Crippen LogP contribution in [0, 0.1) is 0 Å². The Morgan fingerprint density at radius 1 is 1.25 bits per heavy atom. The monoisotopic (exact) mass is 228 g/mol. The molecule has 0 bridgehead atoms. The van der Waals surface area contributed by atoms with E-state index in [-0.39, 0.29) is 5.56 Å². The fourth-order valence-corrected chi connectivity index (χ4v) is 1.77. The summed E-state index contributed by atoms with van der Waals surface area (Å²) in [6.45, 7) is 0. The van der Waals surface area contributed by atoms with Gasteiger partial charge in [0.15, 0.2) is 0 Å². The van der Waals surface area contributed by atoms with Crippen LogP contribution in [0.5, 0.6) is 0 Å². The summed E-state index contributed by atoms with van der Waals surface area (Å²) in [6.07, 6.45) is -2.69. The lowest BCUT2D eigenvalue weighted by Gasteiger charge is -2.16. The topological polar surface area (TPSA) is 30.9 Å². The van der Waals surface area contributed by atoms with E-state index in [1.54, 1.807) is 36.0 Å². The highest BCUT2D eigenvalue weighted by molar-refractivity contribution is 5.84. The molecule has 5 heteroatoms. The van der Waals surface area contributed by atoms with Crippen molar-refractivity contribution in [1.82, 2.24) is 4.57 Å². The molecule has 2 nitrogen and oxygen atoms in total. The Bertz CT molecular complexity index is 513. The average Bonchev–Trinajstić information content (AvgIpc) is 2.58. The first-order valence-corrected chi connectivity index (χ1v) is 4.77. The molecule has 0 fully saturated rings. The highest BCUT2D eigenvalue weighted by Gasteiger charge is 2.38. The first kappa shape index (κ1) is 11.0. The summed E-state index contributed by atoms with van der Waals surface area (Å²) in [4.78, 5) is 0. The largest absolute Gasteiger partial charge is 0.407 e. The molecule has 1 aromatic heterocycles. The zero-order chi connectivity index (χ0) is 11.9. The van der Waals surface area contributed by atoms with Crippen LogP contribution in [0.2, 0.25) is 0 Å². The maximum Gasteiger partial charge on any atom is 0.407 e. The highest BCUT2D eigenvalue weighted by Crippen LogP contribution is 2.34. The molecular formula is C11H11F3N2. The fraction of sp³-hybridized carbons (Fsp3) is 0.273. The van der Waals surface area contributed by atoms with Crippen molar-refractivity contribution in [1.29, 1.82) is 0 Å². The number of nitrogens with two attached hydrogens (primary N) is 1. The minimum Gasteiger partial charge on any atom is -0.351 e. The van der Waals surface area contributed by atoms with Crippen molar-refractivity contribution in [2.24, 2.45) is 12.8 Å². The number of aromatic nitrogens is 1. The summed E-state index contributed by atoms with van der Waals surface area (Å²) >= 11 is 0. The molecular weight excluding hydrogens is 217 g/mol. The molecule has 1 heterocycles. The minimum atomic E-state index is -4.41. The first-order valence-electron chi connectivity index (χ1n) is 4.77. The van der Waals surface area contributed by atoms with Gasteiger partial charge in [-0.3, -0.25) is 0 Å². The maximum atomic E-state index is 12.5. The van der Waals surface area contributed by atoms with Crippen molar-refractivity contribution >= 4 is 10.9 Å². The average molecular weight is 228 g/mol. The molecule has 0 radical (unpaired) electrons. The second-order valence-electron chi connectivity index (χ2n) is 3.73. The van der Waals surface area contributed by atoms with E-state index in [0.29, 0.717) is 5.39 Å². The molecule has 0 saturated heterocycles. The van der Waals surface area contributed by atoms with Crippen LogP contribution in [0.4, 0.5) is 13.2 Å². The van der Waals surface area contributed by atoms with Crippen molar-refractivity contribution in [3.05, 3.63) is 36.0 Å². The Hall–Kier alpha value is -1.49. The Morgan fingerprint density at radius 2 is 1.94 bits per heavy atom. The SMILES string of the molecule is Cn1ccc2c(C(N)C(F)(F)F)cccc21. The van der Waals surface area contributed by atoms with E-state index < -0.39 is 12.2 Å². The van der Waals surface area contributed by atoms with E-state index >= 15 is 0 Å². The smallest absolute Gasteiger partial charge is 0.351 e. The van der Waals surface area contributed by atoms with Gasteiger partial charge in [0.1, 0.15) is 6.04 Å². The predicted octanol–water partition coefficient (Wildman–Crippen LogP) is 2.74. The third-order valence-electron chi connectivity index (χ3n) is 2.65. The molecule has 0 saturated carbocycles. The van der Waals surface area contributed by atoms with Crippen molar-refractivity contribution in [2.45, 2.75) is 12.2 Å². The lowest BCUT2D eigenvalue weighted by Crippen LogP contribution is -2.28. The van der Waals surface area contributed by atoms with Crippen LogP contribution in [-0.2, 0) is 7.05 Å². The van der Waals surface area contributed by atoms with Crippen molar-refractivity contribution in [3.63, 3.8) is 0 Å². The Morgan fingerprint density at radius 3 is 2.56 bits per heavy atom. The standard InChI is InChI=1S/C11H11F3N2/c1-16-6-5-7-8(3-2-4-9(7)16)10(15)11(12,13)14/h2-6,10H,15H2,1H3. The number of hydrogen-bond donors (Lipinski definition) is 1. The van der Waals surface area contributed by atoms with Gasteiger partial charge < -0.3 is 10.3 Å². The number of nitrogens with zero attached hydrogens (tertiary/aromatic N) is 1. The number of alkyl halides is 3. The number of benzene rings is 1. The summed E-state index contributed by atoms with van der Waals surface area (Å²) in [7, 11) is 1.78. The van der Waals surface area contributed by atoms with Crippen LogP contribution in [0.3, 0.4) is 0 Å². The van der Waals surface area contributed by atoms with Crippen LogP contribution in [0.1, 0.15) is 11.6 Å². The third-order valence-corrected chi connectivity index (χ3v) is 2.65. The van der Waals surface area contributed by atoms with Gasteiger partial charge in [0.25, 0.3) is 0 Å². The summed E-state index contributed by atoms with van der Waals surface area (Å²) in [6, 6.07) is 4.49. The number of rotatable bonds is 1. The van der Waals surface area contributed by atoms with Gasteiger partial charge in [-0.2, -0.15) is 13.2 Å². The molecule has 1 aromatic carbocycles.